The van der Waals surface area contributed by atoms with Crippen molar-refractivity contribution in [3.05, 3.63) is 16.0 Å². The first-order valence-electron chi connectivity index (χ1n) is 8.47. The Morgan fingerprint density at radius 3 is 2.40 bits per heavy atom. The molecular weight excluding hydrogens is 340 g/mol. The van der Waals surface area contributed by atoms with E-state index in [4.69, 9.17) is 10.5 Å². The minimum atomic E-state index is -0.580. The molecule has 0 aliphatic carbocycles. The first-order valence-corrected chi connectivity index (χ1v) is 9.29. The molecule has 0 fully saturated rings. The number of hydrogen-bond donors (Lipinski definition) is 3. The molecule has 6 nitrogen and oxygen atoms in total. The van der Waals surface area contributed by atoms with E-state index >= 15 is 0 Å². The van der Waals surface area contributed by atoms with Crippen LogP contribution < -0.4 is 11.1 Å². The summed E-state index contributed by atoms with van der Waals surface area (Å²) in [5.41, 5.74) is 5.82. The van der Waals surface area contributed by atoms with Crippen molar-refractivity contribution in [1.29, 1.82) is 0 Å². The van der Waals surface area contributed by atoms with Crippen LogP contribution in [-0.2, 0) is 21.6 Å². The van der Waals surface area contributed by atoms with E-state index < -0.39 is 23.0 Å². The lowest BCUT2D eigenvalue weighted by Gasteiger charge is -2.41. The molecule has 0 saturated carbocycles. The highest BCUT2D eigenvalue weighted by molar-refractivity contribution is 7.17. The van der Waals surface area contributed by atoms with E-state index in [0.29, 0.717) is 17.0 Å². The van der Waals surface area contributed by atoms with Gasteiger partial charge in [0.05, 0.1) is 29.3 Å². The summed E-state index contributed by atoms with van der Waals surface area (Å²) in [5, 5.41) is 12.7. The Kier molecular flexibility index (Phi) is 5.33. The number of nitrogens with two attached hydrogens (primary N) is 1. The van der Waals surface area contributed by atoms with Gasteiger partial charge >= 0.3 is 0 Å². The molecule has 1 aromatic rings. The van der Waals surface area contributed by atoms with Gasteiger partial charge in [-0.3, -0.25) is 9.59 Å². The fourth-order valence-corrected chi connectivity index (χ4v) is 4.74. The first-order chi connectivity index (χ1) is 11.4. The van der Waals surface area contributed by atoms with Crippen LogP contribution in [-0.4, -0.2) is 29.1 Å². The molecule has 2 rings (SSSR count). The van der Waals surface area contributed by atoms with Crippen molar-refractivity contribution >= 4 is 28.2 Å². The highest BCUT2D eigenvalue weighted by Gasteiger charge is 2.43. The summed E-state index contributed by atoms with van der Waals surface area (Å²) < 4.78 is 6.15. The highest BCUT2D eigenvalue weighted by atomic mass is 32.1. The maximum absolute atomic E-state index is 12.5. The van der Waals surface area contributed by atoms with E-state index in [1.54, 1.807) is 0 Å². The minimum absolute atomic E-state index is 0.0182. The molecule has 140 valence electrons. The smallest absolute Gasteiger partial charge is 0.251 e. The Balaban J connectivity index is 2.50. The number of carbonyl (C=O) groups excluding carboxylic acids is 2. The van der Waals surface area contributed by atoms with Gasteiger partial charge in [0.1, 0.15) is 5.00 Å². The molecule has 1 aromatic heterocycles. The second-order valence-corrected chi connectivity index (χ2v) is 9.07. The predicted molar refractivity (Wildman–Crippen MR) is 98.8 cm³/mol. The molecule has 1 aliphatic heterocycles. The van der Waals surface area contributed by atoms with E-state index in [9.17, 15) is 14.7 Å². The quantitative estimate of drug-likeness (QED) is 0.743. The van der Waals surface area contributed by atoms with Crippen molar-refractivity contribution < 1.29 is 19.4 Å². The normalized spacial score (nSPS) is 19.4. The van der Waals surface area contributed by atoms with E-state index in [-0.39, 0.29) is 18.4 Å². The summed E-state index contributed by atoms with van der Waals surface area (Å²) in [6.45, 7) is 11.3. The SMILES string of the molecule is CC(C)C(CO)C(=O)Nc1sc2c(c1C(N)=O)CC(C)(C)OC2(C)C. The molecule has 0 saturated heterocycles. The van der Waals surface area contributed by atoms with E-state index in [0.717, 1.165) is 10.4 Å². The van der Waals surface area contributed by atoms with Gasteiger partial charge in [-0.15, -0.1) is 11.3 Å². The van der Waals surface area contributed by atoms with Crippen molar-refractivity contribution in [3.8, 4) is 0 Å². The van der Waals surface area contributed by atoms with Gasteiger partial charge in [-0.1, -0.05) is 13.8 Å². The number of nitrogens with one attached hydrogen (secondary N) is 1. The van der Waals surface area contributed by atoms with E-state index in [1.807, 2.05) is 41.5 Å². The van der Waals surface area contributed by atoms with Crippen LogP contribution >= 0.6 is 11.3 Å². The van der Waals surface area contributed by atoms with Gasteiger partial charge in [-0.2, -0.15) is 0 Å². The van der Waals surface area contributed by atoms with Crippen LogP contribution in [0.4, 0.5) is 5.00 Å². The second kappa shape index (κ2) is 6.70. The molecule has 1 atom stereocenters. The van der Waals surface area contributed by atoms with E-state index in [2.05, 4.69) is 5.32 Å². The maximum Gasteiger partial charge on any atom is 0.251 e. The molecule has 1 unspecified atom stereocenters. The molecule has 4 N–H and O–H groups in total. The van der Waals surface area contributed by atoms with Crippen molar-refractivity contribution in [2.75, 3.05) is 11.9 Å². The van der Waals surface area contributed by atoms with Crippen LogP contribution in [0.5, 0.6) is 0 Å². The number of hydrogen-bond acceptors (Lipinski definition) is 5. The van der Waals surface area contributed by atoms with Crippen LogP contribution in [0.25, 0.3) is 0 Å². The van der Waals surface area contributed by atoms with Gasteiger partial charge in [-0.25, -0.2) is 0 Å². The number of anilines is 1. The molecule has 2 amide bonds. The summed E-state index contributed by atoms with van der Waals surface area (Å²) in [4.78, 5) is 25.5. The van der Waals surface area contributed by atoms with Gasteiger partial charge in [0, 0.05) is 11.3 Å². The molecule has 0 radical (unpaired) electrons. The molecule has 1 aliphatic rings. The lowest BCUT2D eigenvalue weighted by molar-refractivity contribution is -0.135. The predicted octanol–water partition coefficient (Wildman–Crippen LogP) is 2.64. The number of amides is 2. The Labute approximate surface area is 152 Å². The van der Waals surface area contributed by atoms with Crippen molar-refractivity contribution in [2.24, 2.45) is 17.6 Å². The standard InChI is InChI=1S/C18H28N2O4S/c1-9(2)11(8-21)15(23)20-16-12(14(19)22)10-7-17(3,4)24-18(5,6)13(10)25-16/h9,11,21H,7-8H2,1-6H3,(H2,19,22)(H,20,23). The van der Waals surface area contributed by atoms with Crippen molar-refractivity contribution in [2.45, 2.75) is 59.2 Å². The van der Waals surface area contributed by atoms with Gasteiger partial charge in [0.2, 0.25) is 5.91 Å². The molecular formula is C18H28N2O4S. The molecule has 0 aromatic carbocycles. The number of aliphatic hydroxyl groups is 1. The lowest BCUT2D eigenvalue weighted by atomic mass is 9.86. The Morgan fingerprint density at radius 1 is 1.32 bits per heavy atom. The first kappa shape index (κ1) is 19.9. The average Bonchev–Trinajstić information content (AvgIpc) is 2.75. The number of aliphatic hydroxyl groups excluding tert-OH is 1. The van der Waals surface area contributed by atoms with Crippen LogP contribution in [0.15, 0.2) is 0 Å². The van der Waals surface area contributed by atoms with E-state index in [1.165, 1.54) is 11.3 Å². The van der Waals surface area contributed by atoms with Crippen LogP contribution in [0.3, 0.4) is 0 Å². The van der Waals surface area contributed by atoms with Crippen LogP contribution in [0.2, 0.25) is 0 Å². The number of ether oxygens (including phenoxy) is 1. The van der Waals surface area contributed by atoms with Crippen molar-refractivity contribution in [3.63, 3.8) is 0 Å². The average molecular weight is 368 g/mol. The highest BCUT2D eigenvalue weighted by Crippen LogP contribution is 2.48. The number of carbonyl (C=O) groups is 2. The van der Waals surface area contributed by atoms with Gasteiger partial charge in [-0.05, 0) is 39.2 Å². The summed E-state index contributed by atoms with van der Waals surface area (Å²) in [7, 11) is 0. The Bertz CT molecular complexity index is 691. The van der Waals surface area contributed by atoms with Gasteiger partial charge in [0.25, 0.3) is 5.91 Å². The monoisotopic (exact) mass is 368 g/mol. The molecule has 25 heavy (non-hydrogen) atoms. The van der Waals surface area contributed by atoms with Gasteiger partial charge in [0.15, 0.2) is 0 Å². The third kappa shape index (κ3) is 3.88. The zero-order valence-electron chi connectivity index (χ0n) is 15.7. The van der Waals surface area contributed by atoms with Crippen molar-refractivity contribution in [1.82, 2.24) is 0 Å². The number of thiophene rings is 1. The summed E-state index contributed by atoms with van der Waals surface area (Å²) in [6.07, 6.45) is 0.546. The fraction of sp³-hybridized carbons (Fsp3) is 0.667. The summed E-state index contributed by atoms with van der Waals surface area (Å²) >= 11 is 1.33. The zero-order valence-corrected chi connectivity index (χ0v) is 16.5. The number of primary amides is 1. The Hall–Kier alpha value is -1.44. The molecule has 0 bridgehead atoms. The maximum atomic E-state index is 12.5. The zero-order chi connectivity index (χ0) is 19.2. The lowest BCUT2D eigenvalue weighted by Crippen LogP contribution is -2.42. The van der Waals surface area contributed by atoms with Gasteiger partial charge < -0.3 is 20.9 Å². The largest absolute Gasteiger partial charge is 0.396 e. The van der Waals surface area contributed by atoms with Crippen LogP contribution in [0, 0.1) is 11.8 Å². The minimum Gasteiger partial charge on any atom is -0.396 e. The van der Waals surface area contributed by atoms with Crippen LogP contribution in [0.1, 0.15) is 62.3 Å². The summed E-state index contributed by atoms with van der Waals surface area (Å²) in [6, 6.07) is 0. The Morgan fingerprint density at radius 2 is 1.92 bits per heavy atom. The molecule has 2 heterocycles. The molecule has 7 heteroatoms. The fourth-order valence-electron chi connectivity index (χ4n) is 3.47. The third-order valence-corrected chi connectivity index (χ3v) is 5.96. The number of rotatable bonds is 5. The third-order valence-electron chi connectivity index (χ3n) is 4.51. The second-order valence-electron chi connectivity index (χ2n) is 8.05. The number of fused-ring (bicyclic) bond motifs is 1. The molecule has 0 spiro atoms. The summed E-state index contributed by atoms with van der Waals surface area (Å²) in [5.74, 6) is -1.43. The topological polar surface area (TPSA) is 102 Å².